The molecule has 96 valence electrons. The molecule has 0 aliphatic carbocycles. The van der Waals surface area contributed by atoms with E-state index >= 15 is 0 Å². The second kappa shape index (κ2) is 74.8. The van der Waals surface area contributed by atoms with Gasteiger partial charge in [0.15, 0.2) is 0 Å². The Morgan fingerprint density at radius 1 is 0.889 bits per heavy atom. The van der Waals surface area contributed by atoms with E-state index in [1.165, 1.54) is 0 Å². The number of allylic oxidation sites excluding steroid dienone is 1. The fraction of sp³-hybridized carbons (Fsp3) is 0.273. The second-order valence-corrected chi connectivity index (χ2v) is 2.04. The van der Waals surface area contributed by atoms with E-state index in [0.29, 0.717) is 0 Å². The van der Waals surface area contributed by atoms with Crippen LogP contribution in [0.25, 0.3) is 0 Å². The topological polar surface area (TPSA) is 109 Å². The Kier molecular flexibility index (Phi) is 149. The molecule has 0 unspecified atom stereocenters. The zero-order chi connectivity index (χ0) is 16.6. The molecular formula is C11H10CrO6. The average molecular weight is 290 g/mol. The maximum atomic E-state index is 7.50. The number of ether oxygens (including phenoxy) is 1. The van der Waals surface area contributed by atoms with Crippen LogP contribution in [0.1, 0.15) is 13.8 Å². The maximum absolute atomic E-state index is 7.50. The van der Waals surface area contributed by atoms with Crippen LogP contribution in [0, 0.1) is 33.3 Å². The van der Waals surface area contributed by atoms with Gasteiger partial charge in [-0.15, -0.1) is 0 Å². The summed E-state index contributed by atoms with van der Waals surface area (Å²) in [6, 6.07) is 0. The Balaban J connectivity index is -0.0000000304. The SMILES string of the molecule is C/C=C(\C)[C](=[Cr])OC.[C-]#[O+].[C-]#[O+].[C-]#[O+].[C-]#[O+].[C-]#[O+]. The van der Waals surface area contributed by atoms with Crippen LogP contribution in [0.2, 0.25) is 0 Å². The van der Waals surface area contributed by atoms with Crippen molar-refractivity contribution in [3.63, 3.8) is 0 Å². The Morgan fingerprint density at radius 2 is 1.11 bits per heavy atom. The van der Waals surface area contributed by atoms with Crippen molar-refractivity contribution in [3.8, 4) is 0 Å². The molecule has 7 heteroatoms. The van der Waals surface area contributed by atoms with E-state index in [4.69, 9.17) is 28.0 Å². The van der Waals surface area contributed by atoms with Gasteiger partial charge in [0.05, 0.1) is 0 Å². The van der Waals surface area contributed by atoms with Gasteiger partial charge in [0.2, 0.25) is 0 Å². The number of hydrogen-bond donors (Lipinski definition) is 0. The molecule has 0 aromatic rings. The molecule has 0 N–H and O–H groups in total. The Bertz CT molecular complexity index is 247. The normalized spacial score (nSPS) is 5.72. The van der Waals surface area contributed by atoms with E-state index in [1.807, 2.05) is 19.9 Å². The van der Waals surface area contributed by atoms with Crippen LogP contribution in [-0.4, -0.2) is 11.7 Å². The molecule has 0 saturated heterocycles. The van der Waals surface area contributed by atoms with Crippen molar-refractivity contribution in [2.75, 3.05) is 7.11 Å². The molecule has 0 saturated carbocycles. The summed E-state index contributed by atoms with van der Waals surface area (Å²) in [7, 11) is 1.65. The second-order valence-electron chi connectivity index (χ2n) is 1.46. The van der Waals surface area contributed by atoms with Crippen LogP contribution in [0.3, 0.4) is 0 Å². The zero-order valence-corrected chi connectivity index (χ0v) is 11.2. The molecule has 0 aromatic carbocycles. The molecule has 6 nitrogen and oxygen atoms in total. The molecule has 0 aliphatic heterocycles. The van der Waals surface area contributed by atoms with Gasteiger partial charge in [-0.3, -0.25) is 0 Å². The van der Waals surface area contributed by atoms with Crippen LogP contribution < -0.4 is 0 Å². The molecule has 18 heavy (non-hydrogen) atoms. The summed E-state index contributed by atoms with van der Waals surface area (Å²) in [5, 5.41) is 0. The summed E-state index contributed by atoms with van der Waals surface area (Å²) >= 11 is 2.80. The van der Waals surface area contributed by atoms with E-state index in [2.05, 4.69) is 49.1 Å². The predicted molar refractivity (Wildman–Crippen MR) is 51.1 cm³/mol. The van der Waals surface area contributed by atoms with Gasteiger partial charge in [0, 0.05) is 0 Å². The molecule has 0 heterocycles. The van der Waals surface area contributed by atoms with Crippen molar-refractivity contribution >= 4 is 4.57 Å². The molecule has 0 fully saturated rings. The number of hydrogen-bond acceptors (Lipinski definition) is 1. The van der Waals surface area contributed by atoms with Crippen molar-refractivity contribution in [1.29, 1.82) is 0 Å². The molecule has 0 rings (SSSR count). The fourth-order valence-corrected chi connectivity index (χ4v) is 0.463. The molecule has 0 spiro atoms. The van der Waals surface area contributed by atoms with Crippen LogP contribution in [-0.2, 0) is 43.8 Å². The minimum absolute atomic E-state index is 0.868. The first kappa shape index (κ1) is 36.0. The van der Waals surface area contributed by atoms with Crippen molar-refractivity contribution in [3.05, 3.63) is 44.9 Å². The molecule has 0 bridgehead atoms. The molecule has 0 amide bonds. The van der Waals surface area contributed by atoms with Gasteiger partial charge in [0.25, 0.3) is 0 Å². The fourth-order valence-electron chi connectivity index (χ4n) is 0.279. The van der Waals surface area contributed by atoms with E-state index in [9.17, 15) is 0 Å². The first-order valence-corrected chi connectivity index (χ1v) is 4.09. The van der Waals surface area contributed by atoms with Crippen molar-refractivity contribution < 1.29 is 43.8 Å². The van der Waals surface area contributed by atoms with E-state index < -0.39 is 0 Å². The summed E-state index contributed by atoms with van der Waals surface area (Å²) in [6.07, 6.45) is 2.00. The predicted octanol–water partition coefficient (Wildman–Crippen LogP) is 1.09. The third-order valence-electron chi connectivity index (χ3n) is 0.940. The van der Waals surface area contributed by atoms with Crippen LogP contribution >= 0.6 is 0 Å². The first-order chi connectivity index (χ1) is 8.72. The third kappa shape index (κ3) is 60.9. The van der Waals surface area contributed by atoms with E-state index in [0.717, 1.165) is 10.1 Å². The number of rotatable bonds is 2. The summed E-state index contributed by atoms with van der Waals surface area (Å²) in [6.45, 7) is 26.5. The Morgan fingerprint density at radius 3 is 1.17 bits per heavy atom. The van der Waals surface area contributed by atoms with Gasteiger partial charge in [-0.05, 0) is 0 Å². The zero-order valence-electron chi connectivity index (χ0n) is 9.94. The van der Waals surface area contributed by atoms with Gasteiger partial charge in [-0.25, -0.2) is 0 Å². The van der Waals surface area contributed by atoms with E-state index in [1.54, 1.807) is 7.11 Å². The summed E-state index contributed by atoms with van der Waals surface area (Å²) in [5.74, 6) is 0. The first-order valence-electron chi connectivity index (χ1n) is 3.45. The summed E-state index contributed by atoms with van der Waals surface area (Å²) < 4.78 is 43.3. The quantitative estimate of drug-likeness (QED) is 0.550. The van der Waals surface area contributed by atoms with Crippen molar-refractivity contribution in [2.45, 2.75) is 13.8 Å². The third-order valence-corrected chi connectivity index (χ3v) is 1.70. The van der Waals surface area contributed by atoms with Crippen LogP contribution in [0.15, 0.2) is 11.6 Å². The molecule has 0 aliphatic rings. The average Bonchev–Trinajstić information content (AvgIpc) is 2.55. The number of methoxy groups -OCH3 is 1. The van der Waals surface area contributed by atoms with Gasteiger partial charge in [-0.1, -0.05) is 0 Å². The standard InChI is InChI=1S/C6H10O.5CO.Cr/c1-4-6(2)5-7-3;5*1-2;/h4H,1-3H3;;;;;;/b6-4+;;;;;;. The summed E-state index contributed by atoms with van der Waals surface area (Å²) in [5.41, 5.74) is 1.15. The van der Waals surface area contributed by atoms with Gasteiger partial charge in [0.1, 0.15) is 0 Å². The van der Waals surface area contributed by atoms with Crippen LogP contribution in [0.4, 0.5) is 0 Å². The monoisotopic (exact) mass is 290 g/mol. The van der Waals surface area contributed by atoms with Crippen LogP contribution in [0.5, 0.6) is 0 Å². The minimum atomic E-state index is 0.868. The Hall–Kier alpha value is -1.20. The van der Waals surface area contributed by atoms with E-state index in [-0.39, 0.29) is 0 Å². The van der Waals surface area contributed by atoms with Gasteiger partial charge < -0.3 is 0 Å². The van der Waals surface area contributed by atoms with Crippen molar-refractivity contribution in [1.82, 2.24) is 0 Å². The van der Waals surface area contributed by atoms with Gasteiger partial charge >= 0.3 is 114 Å². The molecule has 0 atom stereocenters. The summed E-state index contributed by atoms with van der Waals surface area (Å²) in [4.78, 5) is 0. The molecule has 0 aromatic heterocycles. The van der Waals surface area contributed by atoms with Gasteiger partial charge in [-0.2, -0.15) is 0 Å². The molecule has 0 radical (unpaired) electrons. The Labute approximate surface area is 115 Å². The van der Waals surface area contributed by atoms with Crippen molar-refractivity contribution in [2.24, 2.45) is 0 Å². The molecular weight excluding hydrogens is 280 g/mol.